The minimum Gasteiger partial charge on any atom is -0.476 e. The maximum Gasteiger partial charge on any atom is 0.356 e. The van der Waals surface area contributed by atoms with E-state index in [0.717, 1.165) is 5.69 Å². The minimum atomic E-state index is -1.04. The first-order valence-corrected chi connectivity index (χ1v) is 5.17. The van der Waals surface area contributed by atoms with Crippen LogP contribution in [0.25, 0.3) is 5.52 Å². The fourth-order valence-corrected chi connectivity index (χ4v) is 1.84. The van der Waals surface area contributed by atoms with Crippen molar-refractivity contribution in [3.8, 4) is 0 Å². The van der Waals surface area contributed by atoms with Crippen molar-refractivity contribution < 1.29 is 9.90 Å². The van der Waals surface area contributed by atoms with E-state index < -0.39 is 5.97 Å². The third kappa shape index (κ3) is 1.72. The fraction of sp³-hybridized carbons (Fsp3) is 0.273. The number of hydrogen-bond acceptors (Lipinski definition) is 4. The van der Waals surface area contributed by atoms with Crippen molar-refractivity contribution >= 4 is 17.2 Å². The normalized spacial score (nSPS) is 10.8. The zero-order valence-electron chi connectivity index (χ0n) is 9.71. The second-order valence-electron chi connectivity index (χ2n) is 3.89. The molecule has 90 valence electrons. The molecule has 2 heterocycles. The summed E-state index contributed by atoms with van der Waals surface area (Å²) in [4.78, 5) is 17.1. The zero-order valence-corrected chi connectivity index (χ0v) is 9.71. The number of rotatable bonds is 3. The van der Waals surface area contributed by atoms with E-state index in [1.165, 1.54) is 0 Å². The summed E-state index contributed by atoms with van der Waals surface area (Å²) in [5.41, 5.74) is 6.98. The van der Waals surface area contributed by atoms with E-state index in [0.29, 0.717) is 11.3 Å². The maximum atomic E-state index is 11.2. The van der Waals surface area contributed by atoms with Crippen LogP contribution in [0, 0.1) is 0 Å². The average Bonchev–Trinajstić information content (AvgIpc) is 2.67. The standard InChI is InChI=1S/C11H14N4O2/c1-14(2)7-4-3-5-15-8(6-12)13-9(10(7)15)11(16)17/h3-5H,6,12H2,1-2H3,(H,16,17). The highest BCUT2D eigenvalue weighted by atomic mass is 16.4. The number of fused-ring (bicyclic) bond motifs is 1. The number of nitrogens with two attached hydrogens (primary N) is 1. The number of aromatic carboxylic acids is 1. The molecule has 0 aromatic carbocycles. The fourth-order valence-electron chi connectivity index (χ4n) is 1.84. The first kappa shape index (κ1) is 11.4. The van der Waals surface area contributed by atoms with Gasteiger partial charge in [-0.1, -0.05) is 0 Å². The lowest BCUT2D eigenvalue weighted by Gasteiger charge is -2.14. The van der Waals surface area contributed by atoms with Crippen molar-refractivity contribution in [3.05, 3.63) is 29.8 Å². The van der Waals surface area contributed by atoms with Crippen LogP contribution >= 0.6 is 0 Å². The lowest BCUT2D eigenvalue weighted by atomic mass is 10.2. The van der Waals surface area contributed by atoms with Crippen LogP contribution in [0.1, 0.15) is 16.3 Å². The first-order valence-electron chi connectivity index (χ1n) is 5.17. The molecule has 6 heteroatoms. The van der Waals surface area contributed by atoms with Crippen molar-refractivity contribution in [1.82, 2.24) is 9.38 Å². The number of anilines is 1. The third-order valence-electron chi connectivity index (χ3n) is 2.58. The molecule has 0 aliphatic carbocycles. The lowest BCUT2D eigenvalue weighted by molar-refractivity contribution is 0.0693. The Morgan fingerprint density at radius 3 is 2.82 bits per heavy atom. The SMILES string of the molecule is CN(C)c1cccn2c(CN)nc(C(=O)O)c12. The van der Waals surface area contributed by atoms with Gasteiger partial charge in [0.05, 0.1) is 12.2 Å². The number of carboxylic acids is 1. The molecule has 0 aliphatic heterocycles. The Balaban J connectivity index is 2.86. The van der Waals surface area contributed by atoms with Gasteiger partial charge in [0.15, 0.2) is 5.69 Å². The lowest BCUT2D eigenvalue weighted by Crippen LogP contribution is -2.11. The molecule has 0 saturated carbocycles. The van der Waals surface area contributed by atoms with Gasteiger partial charge in [-0.3, -0.25) is 4.40 Å². The van der Waals surface area contributed by atoms with Gasteiger partial charge in [0.2, 0.25) is 0 Å². The van der Waals surface area contributed by atoms with Crippen LogP contribution in [-0.2, 0) is 6.54 Å². The molecule has 0 saturated heterocycles. The average molecular weight is 234 g/mol. The van der Waals surface area contributed by atoms with Crippen LogP contribution < -0.4 is 10.6 Å². The van der Waals surface area contributed by atoms with Crippen molar-refractivity contribution in [2.75, 3.05) is 19.0 Å². The van der Waals surface area contributed by atoms with Crippen molar-refractivity contribution in [2.45, 2.75) is 6.54 Å². The molecule has 0 bridgehead atoms. The summed E-state index contributed by atoms with van der Waals surface area (Å²) in [5, 5.41) is 9.16. The van der Waals surface area contributed by atoms with Crippen LogP contribution in [0.3, 0.4) is 0 Å². The number of pyridine rings is 1. The van der Waals surface area contributed by atoms with Crippen LogP contribution in [0.15, 0.2) is 18.3 Å². The Labute approximate surface area is 98.3 Å². The van der Waals surface area contributed by atoms with E-state index in [4.69, 9.17) is 10.8 Å². The van der Waals surface area contributed by atoms with Crippen LogP contribution in [0.5, 0.6) is 0 Å². The third-order valence-corrected chi connectivity index (χ3v) is 2.58. The molecule has 0 amide bonds. The molecule has 2 rings (SSSR count). The molecular formula is C11H14N4O2. The monoisotopic (exact) mass is 234 g/mol. The quantitative estimate of drug-likeness (QED) is 0.810. The number of hydrogen-bond donors (Lipinski definition) is 2. The van der Waals surface area contributed by atoms with Gasteiger partial charge in [-0.05, 0) is 12.1 Å². The van der Waals surface area contributed by atoms with Crippen molar-refractivity contribution in [3.63, 3.8) is 0 Å². The summed E-state index contributed by atoms with van der Waals surface area (Å²) in [7, 11) is 3.71. The van der Waals surface area contributed by atoms with Gasteiger partial charge < -0.3 is 15.7 Å². The first-order chi connectivity index (χ1) is 8.06. The van der Waals surface area contributed by atoms with Gasteiger partial charge in [-0.25, -0.2) is 9.78 Å². The molecule has 0 radical (unpaired) electrons. The summed E-state index contributed by atoms with van der Waals surface area (Å²) < 4.78 is 1.72. The van der Waals surface area contributed by atoms with Crippen molar-refractivity contribution in [1.29, 1.82) is 0 Å². The Morgan fingerprint density at radius 1 is 1.59 bits per heavy atom. The Kier molecular flexibility index (Phi) is 2.72. The molecule has 0 aliphatic rings. The number of nitrogens with zero attached hydrogens (tertiary/aromatic N) is 3. The van der Waals surface area contributed by atoms with Crippen LogP contribution in [0.4, 0.5) is 5.69 Å². The molecule has 0 atom stereocenters. The molecule has 2 aromatic heterocycles. The van der Waals surface area contributed by atoms with Crippen LogP contribution in [0.2, 0.25) is 0 Å². The van der Waals surface area contributed by atoms with Gasteiger partial charge in [-0.15, -0.1) is 0 Å². The summed E-state index contributed by atoms with van der Waals surface area (Å²) in [5.74, 6) is -0.502. The van der Waals surface area contributed by atoms with Gasteiger partial charge in [0, 0.05) is 20.3 Å². The second-order valence-corrected chi connectivity index (χ2v) is 3.89. The highest BCUT2D eigenvalue weighted by molar-refractivity contribution is 5.98. The molecule has 3 N–H and O–H groups in total. The number of carboxylic acid groups (broad SMARTS) is 1. The molecule has 0 unspecified atom stereocenters. The molecule has 0 spiro atoms. The van der Waals surface area contributed by atoms with Gasteiger partial charge in [0.25, 0.3) is 0 Å². The van der Waals surface area contributed by atoms with E-state index in [1.54, 1.807) is 10.6 Å². The van der Waals surface area contributed by atoms with E-state index >= 15 is 0 Å². The molecule has 17 heavy (non-hydrogen) atoms. The molecular weight excluding hydrogens is 220 g/mol. The molecule has 0 fully saturated rings. The Hall–Kier alpha value is -2.08. The van der Waals surface area contributed by atoms with Gasteiger partial charge >= 0.3 is 5.97 Å². The van der Waals surface area contributed by atoms with Crippen LogP contribution in [-0.4, -0.2) is 34.6 Å². The Morgan fingerprint density at radius 2 is 2.29 bits per heavy atom. The highest BCUT2D eigenvalue weighted by Crippen LogP contribution is 2.24. The Bertz CT molecular complexity index is 574. The maximum absolute atomic E-state index is 11.2. The van der Waals surface area contributed by atoms with E-state index in [9.17, 15) is 4.79 Å². The topological polar surface area (TPSA) is 83.9 Å². The minimum absolute atomic E-state index is 0.0368. The zero-order chi connectivity index (χ0) is 12.6. The van der Waals surface area contributed by atoms with E-state index in [-0.39, 0.29) is 12.2 Å². The van der Waals surface area contributed by atoms with Gasteiger partial charge in [-0.2, -0.15) is 0 Å². The number of aromatic nitrogens is 2. The van der Waals surface area contributed by atoms with Crippen molar-refractivity contribution in [2.24, 2.45) is 5.73 Å². The summed E-state index contributed by atoms with van der Waals surface area (Å²) in [6.07, 6.45) is 1.77. The summed E-state index contributed by atoms with van der Waals surface area (Å²) >= 11 is 0. The second kappa shape index (κ2) is 4.06. The smallest absolute Gasteiger partial charge is 0.356 e. The number of imidazole rings is 1. The predicted octanol–water partition coefficient (Wildman–Crippen LogP) is 0.557. The van der Waals surface area contributed by atoms with E-state index in [2.05, 4.69) is 4.98 Å². The molecule has 2 aromatic rings. The molecule has 6 nitrogen and oxygen atoms in total. The highest BCUT2D eigenvalue weighted by Gasteiger charge is 2.19. The summed E-state index contributed by atoms with van der Waals surface area (Å²) in [6.45, 7) is 0.200. The predicted molar refractivity (Wildman–Crippen MR) is 64.4 cm³/mol. The summed E-state index contributed by atoms with van der Waals surface area (Å²) in [6, 6.07) is 3.69. The van der Waals surface area contributed by atoms with Gasteiger partial charge in [0.1, 0.15) is 11.3 Å². The number of carbonyl (C=O) groups is 1. The largest absolute Gasteiger partial charge is 0.476 e. The van der Waals surface area contributed by atoms with E-state index in [1.807, 2.05) is 31.1 Å².